The number of aryl methyl sites for hydroxylation is 2. The number of benzene rings is 1. The van der Waals surface area contributed by atoms with Crippen LogP contribution in [0.5, 0.6) is 0 Å². The summed E-state index contributed by atoms with van der Waals surface area (Å²) in [6.45, 7) is 4.17. The van der Waals surface area contributed by atoms with Gasteiger partial charge >= 0.3 is 0 Å². The fourth-order valence-corrected chi connectivity index (χ4v) is 1.44. The van der Waals surface area contributed by atoms with Crippen molar-refractivity contribution in [2.24, 2.45) is 0 Å². The van der Waals surface area contributed by atoms with Gasteiger partial charge in [-0.3, -0.25) is 0 Å². The second-order valence-corrected chi connectivity index (χ2v) is 3.50. The van der Waals surface area contributed by atoms with Gasteiger partial charge in [0.15, 0.2) is 5.76 Å². The largest absolute Gasteiger partial charge is 0.462 e. The number of nitrogen functional groups attached to an aromatic ring is 1. The van der Waals surface area contributed by atoms with E-state index in [-0.39, 0.29) is 0 Å². The molecule has 0 unspecified atom stereocenters. The highest BCUT2D eigenvalue weighted by molar-refractivity contribution is 5.71. The average Bonchev–Trinajstić information content (AvgIpc) is 2.57. The third kappa shape index (κ3) is 1.39. The molecule has 0 saturated carbocycles. The summed E-state index contributed by atoms with van der Waals surface area (Å²) >= 11 is 0. The van der Waals surface area contributed by atoms with Crippen molar-refractivity contribution in [3.8, 4) is 11.3 Å². The van der Waals surface area contributed by atoms with Gasteiger partial charge in [-0.05, 0) is 31.0 Å². The van der Waals surface area contributed by atoms with Crippen LogP contribution >= 0.6 is 0 Å². The maximum Gasteiger partial charge on any atom is 0.156 e. The topological polar surface area (TPSA) is 39.2 Å². The fraction of sp³-hybridized carbons (Fsp3) is 0.167. The molecule has 1 aromatic heterocycles. The van der Waals surface area contributed by atoms with Crippen LogP contribution in [-0.2, 0) is 0 Å². The molecule has 14 heavy (non-hydrogen) atoms. The molecule has 0 atom stereocenters. The Bertz CT molecular complexity index is 457. The molecule has 0 aliphatic heterocycles. The number of furan rings is 1. The number of nitrogens with two attached hydrogens (primary N) is 1. The summed E-state index contributed by atoms with van der Waals surface area (Å²) in [5, 5.41) is 0. The van der Waals surface area contributed by atoms with Crippen molar-refractivity contribution in [2.75, 3.05) is 5.73 Å². The Morgan fingerprint density at radius 2 is 1.86 bits per heavy atom. The Hall–Kier alpha value is -1.70. The highest BCUT2D eigenvalue weighted by Gasteiger charge is 2.06. The predicted octanol–water partition coefficient (Wildman–Crippen LogP) is 3.15. The highest BCUT2D eigenvalue weighted by atomic mass is 16.3. The van der Waals surface area contributed by atoms with Gasteiger partial charge in [0.1, 0.15) is 0 Å². The molecule has 72 valence electrons. The van der Waals surface area contributed by atoms with E-state index in [1.165, 1.54) is 11.1 Å². The van der Waals surface area contributed by atoms with Gasteiger partial charge in [0.25, 0.3) is 0 Å². The van der Waals surface area contributed by atoms with Gasteiger partial charge < -0.3 is 10.2 Å². The molecule has 2 N–H and O–H groups in total. The quantitative estimate of drug-likeness (QED) is 0.744. The normalized spacial score (nSPS) is 10.4. The van der Waals surface area contributed by atoms with Gasteiger partial charge in [0.05, 0.1) is 12.0 Å². The van der Waals surface area contributed by atoms with Gasteiger partial charge in [-0.1, -0.05) is 12.1 Å². The Morgan fingerprint density at radius 1 is 1.07 bits per heavy atom. The first-order valence-electron chi connectivity index (χ1n) is 4.59. The smallest absolute Gasteiger partial charge is 0.156 e. The van der Waals surface area contributed by atoms with Crippen molar-refractivity contribution in [2.45, 2.75) is 13.8 Å². The third-order valence-corrected chi connectivity index (χ3v) is 2.46. The standard InChI is InChI=1S/C12H13NO/c1-8-3-4-10(7-9(8)2)12-11(13)5-6-14-12/h3-7H,13H2,1-2H3. The molecule has 0 aliphatic carbocycles. The van der Waals surface area contributed by atoms with Gasteiger partial charge in [-0.25, -0.2) is 0 Å². The van der Waals surface area contributed by atoms with Crippen LogP contribution in [0.3, 0.4) is 0 Å². The maximum absolute atomic E-state index is 5.77. The predicted molar refractivity (Wildman–Crippen MR) is 58.0 cm³/mol. The SMILES string of the molecule is Cc1ccc(-c2occc2N)cc1C. The van der Waals surface area contributed by atoms with Crippen molar-refractivity contribution in [1.82, 2.24) is 0 Å². The van der Waals surface area contributed by atoms with E-state index in [2.05, 4.69) is 26.0 Å². The lowest BCUT2D eigenvalue weighted by Gasteiger charge is -2.03. The van der Waals surface area contributed by atoms with Gasteiger partial charge in [0, 0.05) is 11.6 Å². The van der Waals surface area contributed by atoms with Crippen molar-refractivity contribution in [3.05, 3.63) is 41.7 Å². The van der Waals surface area contributed by atoms with Crippen molar-refractivity contribution in [3.63, 3.8) is 0 Å². The minimum atomic E-state index is 0.688. The molecule has 2 aromatic rings. The first-order chi connectivity index (χ1) is 6.68. The van der Waals surface area contributed by atoms with E-state index in [1.54, 1.807) is 12.3 Å². The summed E-state index contributed by atoms with van der Waals surface area (Å²) in [7, 11) is 0. The van der Waals surface area contributed by atoms with Crippen molar-refractivity contribution < 1.29 is 4.42 Å². The minimum absolute atomic E-state index is 0.688. The van der Waals surface area contributed by atoms with Gasteiger partial charge in [0.2, 0.25) is 0 Å². The van der Waals surface area contributed by atoms with Gasteiger partial charge in [-0.2, -0.15) is 0 Å². The molecule has 0 saturated heterocycles. The Kier molecular flexibility index (Phi) is 2.04. The lowest BCUT2D eigenvalue weighted by molar-refractivity contribution is 0.583. The molecule has 2 nitrogen and oxygen atoms in total. The minimum Gasteiger partial charge on any atom is -0.462 e. The molecule has 0 fully saturated rings. The van der Waals surface area contributed by atoms with E-state index < -0.39 is 0 Å². The van der Waals surface area contributed by atoms with Crippen LogP contribution < -0.4 is 5.73 Å². The summed E-state index contributed by atoms with van der Waals surface area (Å²) in [5.41, 5.74) is 10.0. The molecular formula is C12H13NO. The first-order valence-corrected chi connectivity index (χ1v) is 4.59. The van der Waals surface area contributed by atoms with Gasteiger partial charge in [-0.15, -0.1) is 0 Å². The van der Waals surface area contributed by atoms with Crippen LogP contribution in [0.15, 0.2) is 34.9 Å². The zero-order chi connectivity index (χ0) is 10.1. The molecule has 2 rings (SSSR count). The highest BCUT2D eigenvalue weighted by Crippen LogP contribution is 2.27. The first kappa shape index (κ1) is 8.88. The number of hydrogen-bond donors (Lipinski definition) is 1. The van der Waals surface area contributed by atoms with E-state index in [0.29, 0.717) is 5.69 Å². The molecule has 0 aliphatic rings. The van der Waals surface area contributed by atoms with E-state index in [4.69, 9.17) is 10.2 Å². The second kappa shape index (κ2) is 3.22. The summed E-state index contributed by atoms with van der Waals surface area (Å²) in [6, 6.07) is 7.96. The van der Waals surface area contributed by atoms with E-state index in [0.717, 1.165) is 11.3 Å². The summed E-state index contributed by atoms with van der Waals surface area (Å²) in [5.74, 6) is 0.758. The fourth-order valence-electron chi connectivity index (χ4n) is 1.44. The molecular weight excluding hydrogens is 174 g/mol. The van der Waals surface area contributed by atoms with Crippen LogP contribution in [0.25, 0.3) is 11.3 Å². The summed E-state index contributed by atoms with van der Waals surface area (Å²) in [4.78, 5) is 0. The molecule has 1 aromatic carbocycles. The lowest BCUT2D eigenvalue weighted by Crippen LogP contribution is -1.86. The van der Waals surface area contributed by atoms with Crippen LogP contribution in [0.1, 0.15) is 11.1 Å². The molecule has 0 radical (unpaired) electrons. The summed E-state index contributed by atoms with van der Waals surface area (Å²) < 4.78 is 5.32. The lowest BCUT2D eigenvalue weighted by atomic mass is 10.0. The number of rotatable bonds is 1. The average molecular weight is 187 g/mol. The Labute approximate surface area is 83.4 Å². The van der Waals surface area contributed by atoms with Crippen LogP contribution in [0, 0.1) is 13.8 Å². The number of anilines is 1. The van der Waals surface area contributed by atoms with Crippen molar-refractivity contribution in [1.29, 1.82) is 0 Å². The summed E-state index contributed by atoms with van der Waals surface area (Å²) in [6.07, 6.45) is 1.61. The van der Waals surface area contributed by atoms with E-state index in [9.17, 15) is 0 Å². The molecule has 1 heterocycles. The second-order valence-electron chi connectivity index (χ2n) is 3.50. The Balaban J connectivity index is 2.53. The maximum atomic E-state index is 5.77. The van der Waals surface area contributed by atoms with Crippen LogP contribution in [0.2, 0.25) is 0 Å². The Morgan fingerprint density at radius 3 is 2.43 bits per heavy atom. The van der Waals surface area contributed by atoms with Crippen LogP contribution in [0.4, 0.5) is 5.69 Å². The molecule has 0 bridgehead atoms. The third-order valence-electron chi connectivity index (χ3n) is 2.46. The number of hydrogen-bond acceptors (Lipinski definition) is 2. The monoisotopic (exact) mass is 187 g/mol. The van der Waals surface area contributed by atoms with Crippen molar-refractivity contribution >= 4 is 5.69 Å². The molecule has 2 heteroatoms. The van der Waals surface area contributed by atoms with Crippen LogP contribution in [-0.4, -0.2) is 0 Å². The van der Waals surface area contributed by atoms with E-state index >= 15 is 0 Å². The molecule has 0 spiro atoms. The zero-order valence-corrected chi connectivity index (χ0v) is 8.37. The molecule has 0 amide bonds. The zero-order valence-electron chi connectivity index (χ0n) is 8.37. The van der Waals surface area contributed by atoms with E-state index in [1.807, 2.05) is 6.07 Å².